The van der Waals surface area contributed by atoms with Crippen LogP contribution in [0.1, 0.15) is 32.0 Å². The normalized spacial score (nSPS) is 15.0. The Labute approximate surface area is 163 Å². The molecule has 1 saturated heterocycles. The zero-order valence-corrected chi connectivity index (χ0v) is 16.8. The minimum atomic E-state index is 0.770. The fourth-order valence-corrected chi connectivity index (χ4v) is 3.28. The second-order valence-corrected chi connectivity index (χ2v) is 7.28. The highest BCUT2D eigenvalue weighted by atomic mass is 15.2. The van der Waals surface area contributed by atoms with Crippen LogP contribution in [0.5, 0.6) is 0 Å². The van der Waals surface area contributed by atoms with E-state index in [0.29, 0.717) is 0 Å². The van der Waals surface area contributed by atoms with E-state index in [1.165, 1.54) is 18.5 Å². The first kappa shape index (κ1) is 19.4. The van der Waals surface area contributed by atoms with Crippen LogP contribution in [-0.2, 0) is 0 Å². The predicted octanol–water partition coefficient (Wildman–Crippen LogP) is 3.88. The molecule has 0 spiro atoms. The smallest absolute Gasteiger partial charge is 0.136 e. The third-order valence-electron chi connectivity index (χ3n) is 4.93. The van der Waals surface area contributed by atoms with Gasteiger partial charge in [-0.25, -0.2) is 9.97 Å². The van der Waals surface area contributed by atoms with Gasteiger partial charge in [0.05, 0.1) is 0 Å². The summed E-state index contributed by atoms with van der Waals surface area (Å²) in [4.78, 5) is 13.8. The van der Waals surface area contributed by atoms with E-state index in [1.807, 2.05) is 13.0 Å². The van der Waals surface area contributed by atoms with Crippen molar-refractivity contribution in [2.24, 2.45) is 0 Å². The fourth-order valence-electron chi connectivity index (χ4n) is 3.28. The molecule has 0 atom stereocenters. The Morgan fingerprint density at radius 3 is 2.37 bits per heavy atom. The molecule has 2 heterocycles. The van der Waals surface area contributed by atoms with Crippen LogP contribution in [0, 0.1) is 6.92 Å². The molecule has 27 heavy (non-hydrogen) atoms. The average molecular weight is 369 g/mol. The molecular weight excluding hydrogens is 336 g/mol. The van der Waals surface area contributed by atoms with E-state index in [4.69, 9.17) is 0 Å². The zero-order chi connectivity index (χ0) is 19.1. The number of piperazine rings is 1. The highest BCUT2D eigenvalue weighted by Gasteiger charge is 2.14. The van der Waals surface area contributed by atoms with Gasteiger partial charge in [-0.15, -0.1) is 0 Å². The van der Waals surface area contributed by atoms with Gasteiger partial charge >= 0.3 is 0 Å². The van der Waals surface area contributed by atoms with Gasteiger partial charge in [-0.1, -0.05) is 19.8 Å². The summed E-state index contributed by atoms with van der Waals surface area (Å²) in [6, 6.07) is 10.6. The lowest BCUT2D eigenvalue weighted by atomic mass is 10.2. The molecule has 1 aromatic heterocycles. The Morgan fingerprint density at radius 2 is 1.67 bits per heavy atom. The SMILES string of the molecule is CCCCCNc1cc(Nc2ccc(N3CCN(C)CC3)cc2)nc(C)n1. The first-order valence-electron chi connectivity index (χ1n) is 10.0. The first-order chi connectivity index (χ1) is 13.1. The second-order valence-electron chi connectivity index (χ2n) is 7.28. The van der Waals surface area contributed by atoms with Gasteiger partial charge < -0.3 is 20.4 Å². The summed E-state index contributed by atoms with van der Waals surface area (Å²) in [5, 5.41) is 6.81. The molecule has 1 aromatic carbocycles. The van der Waals surface area contributed by atoms with Crippen molar-refractivity contribution in [3.05, 3.63) is 36.2 Å². The molecule has 0 bridgehead atoms. The lowest BCUT2D eigenvalue weighted by Gasteiger charge is -2.34. The molecule has 2 N–H and O–H groups in total. The van der Waals surface area contributed by atoms with Gasteiger partial charge in [0.1, 0.15) is 17.5 Å². The lowest BCUT2D eigenvalue weighted by molar-refractivity contribution is 0.313. The third kappa shape index (κ3) is 5.82. The number of hydrogen-bond acceptors (Lipinski definition) is 6. The molecule has 3 rings (SSSR count). The number of hydrogen-bond donors (Lipinski definition) is 2. The largest absolute Gasteiger partial charge is 0.370 e. The van der Waals surface area contributed by atoms with Crippen LogP contribution in [0.4, 0.5) is 23.0 Å². The molecule has 2 aromatic rings. The van der Waals surface area contributed by atoms with Crippen LogP contribution in [-0.4, -0.2) is 54.6 Å². The van der Waals surface area contributed by atoms with Gasteiger partial charge in [0.25, 0.3) is 0 Å². The molecule has 146 valence electrons. The van der Waals surface area contributed by atoms with Crippen molar-refractivity contribution >= 4 is 23.0 Å². The van der Waals surface area contributed by atoms with Gasteiger partial charge in [0, 0.05) is 50.2 Å². The van der Waals surface area contributed by atoms with Crippen molar-refractivity contribution < 1.29 is 0 Å². The maximum atomic E-state index is 4.52. The van der Waals surface area contributed by atoms with Crippen LogP contribution in [0.2, 0.25) is 0 Å². The maximum Gasteiger partial charge on any atom is 0.136 e. The zero-order valence-electron chi connectivity index (χ0n) is 16.8. The molecule has 1 aliphatic heterocycles. The van der Waals surface area contributed by atoms with Gasteiger partial charge in [0.2, 0.25) is 0 Å². The van der Waals surface area contributed by atoms with E-state index in [-0.39, 0.29) is 0 Å². The average Bonchev–Trinajstić information content (AvgIpc) is 2.66. The highest BCUT2D eigenvalue weighted by Crippen LogP contribution is 2.22. The van der Waals surface area contributed by atoms with E-state index in [1.54, 1.807) is 0 Å². The Hall–Kier alpha value is -2.34. The Balaban J connectivity index is 1.60. The van der Waals surface area contributed by atoms with Crippen LogP contribution in [0.15, 0.2) is 30.3 Å². The predicted molar refractivity (Wildman–Crippen MR) is 114 cm³/mol. The van der Waals surface area contributed by atoms with E-state index in [2.05, 4.69) is 68.6 Å². The van der Waals surface area contributed by atoms with E-state index in [0.717, 1.165) is 62.3 Å². The minimum Gasteiger partial charge on any atom is -0.370 e. The summed E-state index contributed by atoms with van der Waals surface area (Å²) in [5.41, 5.74) is 2.33. The molecule has 0 radical (unpaired) electrons. The van der Waals surface area contributed by atoms with Gasteiger partial charge in [-0.2, -0.15) is 0 Å². The van der Waals surface area contributed by atoms with E-state index < -0.39 is 0 Å². The number of nitrogens with zero attached hydrogens (tertiary/aromatic N) is 4. The molecule has 0 saturated carbocycles. The number of nitrogens with one attached hydrogen (secondary N) is 2. The molecule has 0 aliphatic carbocycles. The van der Waals surface area contributed by atoms with Gasteiger partial charge in [-0.05, 0) is 44.7 Å². The number of aryl methyl sites for hydroxylation is 1. The molecule has 6 heteroatoms. The molecule has 1 fully saturated rings. The topological polar surface area (TPSA) is 56.3 Å². The first-order valence-corrected chi connectivity index (χ1v) is 10.0. The van der Waals surface area contributed by atoms with Gasteiger partial charge in [-0.3, -0.25) is 0 Å². The van der Waals surface area contributed by atoms with Crippen molar-refractivity contribution in [1.29, 1.82) is 0 Å². The fraction of sp³-hybridized carbons (Fsp3) is 0.524. The minimum absolute atomic E-state index is 0.770. The monoisotopic (exact) mass is 368 g/mol. The summed E-state index contributed by atoms with van der Waals surface area (Å²) < 4.78 is 0. The Morgan fingerprint density at radius 1 is 0.963 bits per heavy atom. The van der Waals surface area contributed by atoms with Crippen molar-refractivity contribution in [3.63, 3.8) is 0 Å². The number of rotatable bonds is 8. The summed E-state index contributed by atoms with van der Waals surface area (Å²) >= 11 is 0. The number of unbranched alkanes of at least 4 members (excludes halogenated alkanes) is 2. The molecular formula is C21H32N6. The Kier molecular flexibility index (Phi) is 6.87. The second kappa shape index (κ2) is 9.55. The summed E-state index contributed by atoms with van der Waals surface area (Å²) in [6.45, 7) is 9.50. The van der Waals surface area contributed by atoms with Crippen molar-refractivity contribution in [3.8, 4) is 0 Å². The number of aromatic nitrogens is 2. The summed E-state index contributed by atoms with van der Waals surface area (Å²) in [7, 11) is 2.18. The van der Waals surface area contributed by atoms with Crippen LogP contribution in [0.25, 0.3) is 0 Å². The number of benzene rings is 1. The molecule has 0 amide bonds. The van der Waals surface area contributed by atoms with Crippen LogP contribution in [0.3, 0.4) is 0 Å². The van der Waals surface area contributed by atoms with Crippen molar-refractivity contribution in [2.45, 2.75) is 33.1 Å². The lowest BCUT2D eigenvalue weighted by Crippen LogP contribution is -2.44. The van der Waals surface area contributed by atoms with E-state index in [9.17, 15) is 0 Å². The standard InChI is InChI=1S/C21H32N6/c1-4-5-6-11-22-20-16-21(24-17(2)23-20)25-18-7-9-19(10-8-18)27-14-12-26(3)13-15-27/h7-10,16H,4-6,11-15H2,1-3H3,(H2,22,23,24,25). The number of anilines is 4. The molecule has 6 nitrogen and oxygen atoms in total. The number of likely N-dealkylation sites (N-methyl/N-ethyl adjacent to an activating group) is 1. The highest BCUT2D eigenvalue weighted by molar-refractivity contribution is 5.62. The summed E-state index contributed by atoms with van der Waals surface area (Å²) in [5.74, 6) is 2.48. The van der Waals surface area contributed by atoms with Crippen molar-refractivity contribution in [2.75, 3.05) is 55.3 Å². The maximum absolute atomic E-state index is 4.52. The quantitative estimate of drug-likeness (QED) is 0.690. The van der Waals surface area contributed by atoms with Crippen LogP contribution < -0.4 is 15.5 Å². The molecule has 1 aliphatic rings. The van der Waals surface area contributed by atoms with Gasteiger partial charge in [0.15, 0.2) is 0 Å². The third-order valence-corrected chi connectivity index (χ3v) is 4.93. The van der Waals surface area contributed by atoms with Crippen molar-refractivity contribution in [1.82, 2.24) is 14.9 Å². The molecule has 0 unspecified atom stereocenters. The Bertz CT molecular complexity index is 707. The van der Waals surface area contributed by atoms with Crippen LogP contribution >= 0.6 is 0 Å². The van der Waals surface area contributed by atoms with E-state index >= 15 is 0 Å². The summed E-state index contributed by atoms with van der Waals surface area (Å²) in [6.07, 6.45) is 3.62.